The summed E-state index contributed by atoms with van der Waals surface area (Å²) in [5.74, 6) is 1.76. The molecule has 1 aromatic carbocycles. The molecule has 0 aliphatic carbocycles. The first-order valence-electron chi connectivity index (χ1n) is 8.66. The predicted molar refractivity (Wildman–Crippen MR) is 106 cm³/mol. The van der Waals surface area contributed by atoms with Crippen molar-refractivity contribution in [3.63, 3.8) is 0 Å². The molecule has 1 amide bonds. The molecule has 2 aromatic heterocycles. The highest BCUT2D eigenvalue weighted by atomic mass is 79.9. The van der Waals surface area contributed by atoms with E-state index in [4.69, 9.17) is 4.42 Å². The average Bonchev–Trinajstić information content (AvgIpc) is 3.34. The third kappa shape index (κ3) is 3.62. The molecule has 134 valence electrons. The van der Waals surface area contributed by atoms with Gasteiger partial charge in [0.05, 0.1) is 18.2 Å². The number of aryl methyl sites for hydroxylation is 1. The number of amides is 1. The normalized spacial score (nSPS) is 17.0. The highest BCUT2D eigenvalue weighted by Crippen LogP contribution is 2.34. The molecule has 0 N–H and O–H groups in total. The molecule has 1 aliphatic rings. The molecule has 0 radical (unpaired) electrons. The number of carbonyl (C=O) groups is 1. The average molecular weight is 431 g/mol. The number of likely N-dealkylation sites (tertiary alicyclic amines) is 1. The summed E-state index contributed by atoms with van der Waals surface area (Å²) in [5, 5.41) is 2.78. The van der Waals surface area contributed by atoms with Crippen LogP contribution >= 0.6 is 27.3 Å². The van der Waals surface area contributed by atoms with Gasteiger partial charge in [0.25, 0.3) is 0 Å². The maximum atomic E-state index is 12.9. The molecule has 3 aromatic rings. The van der Waals surface area contributed by atoms with Crippen molar-refractivity contribution in [2.75, 3.05) is 6.54 Å². The molecule has 1 unspecified atom stereocenters. The van der Waals surface area contributed by atoms with Gasteiger partial charge in [-0.2, -0.15) is 0 Å². The third-order valence-corrected chi connectivity index (χ3v) is 6.04. The molecule has 0 saturated carbocycles. The van der Waals surface area contributed by atoms with Crippen LogP contribution in [-0.4, -0.2) is 22.3 Å². The quantitative estimate of drug-likeness (QED) is 0.557. The minimum atomic E-state index is 0.139. The number of rotatable bonds is 4. The molecule has 6 heteroatoms. The van der Waals surface area contributed by atoms with Gasteiger partial charge >= 0.3 is 0 Å². The topological polar surface area (TPSA) is 46.3 Å². The van der Waals surface area contributed by atoms with E-state index in [1.165, 1.54) is 16.9 Å². The standard InChI is InChI=1S/C20H19BrN2O2S/c1-13-7-8-18(25-13)20-22-16(12-26-20)11-19(24)23-9-3-6-17(23)14-4-2-5-15(21)10-14/h2,4-5,7-8,10,12,17H,3,6,9,11H2,1H3. The van der Waals surface area contributed by atoms with Crippen LogP contribution in [0.4, 0.5) is 0 Å². The van der Waals surface area contributed by atoms with Gasteiger partial charge in [0.15, 0.2) is 10.8 Å². The zero-order valence-corrected chi connectivity index (χ0v) is 16.8. The minimum absolute atomic E-state index is 0.139. The van der Waals surface area contributed by atoms with Gasteiger partial charge in [-0.25, -0.2) is 4.98 Å². The van der Waals surface area contributed by atoms with Crippen LogP contribution in [0.5, 0.6) is 0 Å². The van der Waals surface area contributed by atoms with Gasteiger partial charge in [-0.05, 0) is 49.6 Å². The largest absolute Gasteiger partial charge is 0.459 e. The first-order chi connectivity index (χ1) is 12.6. The van der Waals surface area contributed by atoms with Crippen LogP contribution in [0, 0.1) is 6.92 Å². The van der Waals surface area contributed by atoms with E-state index in [2.05, 4.69) is 33.0 Å². The molecule has 3 heterocycles. The van der Waals surface area contributed by atoms with Crippen molar-refractivity contribution in [2.24, 2.45) is 0 Å². The van der Waals surface area contributed by atoms with Crippen LogP contribution in [-0.2, 0) is 11.2 Å². The lowest BCUT2D eigenvalue weighted by Gasteiger charge is -2.25. The first kappa shape index (κ1) is 17.5. The van der Waals surface area contributed by atoms with Crippen molar-refractivity contribution in [3.8, 4) is 10.8 Å². The van der Waals surface area contributed by atoms with Gasteiger partial charge < -0.3 is 9.32 Å². The summed E-state index contributed by atoms with van der Waals surface area (Å²) in [6, 6.07) is 12.2. The number of thiazole rings is 1. The van der Waals surface area contributed by atoms with Crippen molar-refractivity contribution in [1.82, 2.24) is 9.88 Å². The van der Waals surface area contributed by atoms with E-state index in [0.29, 0.717) is 6.42 Å². The summed E-state index contributed by atoms with van der Waals surface area (Å²) < 4.78 is 6.67. The number of carbonyl (C=O) groups excluding carboxylic acids is 1. The second-order valence-electron chi connectivity index (χ2n) is 6.53. The molecular weight excluding hydrogens is 412 g/mol. The van der Waals surface area contributed by atoms with Gasteiger partial charge in [-0.1, -0.05) is 28.1 Å². The second-order valence-corrected chi connectivity index (χ2v) is 8.31. The Hall–Kier alpha value is -1.92. The third-order valence-electron chi connectivity index (χ3n) is 4.64. The fourth-order valence-electron chi connectivity index (χ4n) is 3.43. The van der Waals surface area contributed by atoms with Gasteiger partial charge in [0, 0.05) is 16.4 Å². The van der Waals surface area contributed by atoms with Crippen LogP contribution in [0.1, 0.15) is 35.9 Å². The van der Waals surface area contributed by atoms with E-state index in [0.717, 1.165) is 46.1 Å². The van der Waals surface area contributed by atoms with Crippen molar-refractivity contribution in [2.45, 2.75) is 32.2 Å². The Morgan fingerprint density at radius 3 is 3.04 bits per heavy atom. The number of furan rings is 1. The lowest BCUT2D eigenvalue weighted by molar-refractivity contribution is -0.131. The number of hydrogen-bond acceptors (Lipinski definition) is 4. The molecule has 4 rings (SSSR count). The number of benzene rings is 1. The smallest absolute Gasteiger partial charge is 0.229 e. The van der Waals surface area contributed by atoms with Crippen molar-refractivity contribution in [3.05, 3.63) is 63.3 Å². The van der Waals surface area contributed by atoms with Crippen molar-refractivity contribution in [1.29, 1.82) is 0 Å². The van der Waals surface area contributed by atoms with Gasteiger partial charge in [-0.3, -0.25) is 4.79 Å². The minimum Gasteiger partial charge on any atom is -0.459 e. The molecule has 0 bridgehead atoms. The summed E-state index contributed by atoms with van der Waals surface area (Å²) >= 11 is 5.04. The molecule has 0 spiro atoms. The zero-order chi connectivity index (χ0) is 18.1. The van der Waals surface area contributed by atoms with Crippen LogP contribution in [0.15, 0.2) is 50.7 Å². The number of hydrogen-bond donors (Lipinski definition) is 0. The molecule has 1 fully saturated rings. The summed E-state index contributed by atoms with van der Waals surface area (Å²) in [4.78, 5) is 19.5. The fraction of sp³-hybridized carbons (Fsp3) is 0.300. The van der Waals surface area contributed by atoms with Crippen LogP contribution < -0.4 is 0 Å². The van der Waals surface area contributed by atoms with Gasteiger partial charge in [0.2, 0.25) is 5.91 Å². The second kappa shape index (κ2) is 7.37. The Morgan fingerprint density at radius 2 is 2.27 bits per heavy atom. The lowest BCUT2D eigenvalue weighted by Crippen LogP contribution is -2.31. The Bertz CT molecular complexity index is 933. The molecule has 26 heavy (non-hydrogen) atoms. The fourth-order valence-corrected chi connectivity index (χ4v) is 4.63. The van der Waals surface area contributed by atoms with Crippen LogP contribution in [0.2, 0.25) is 0 Å². The number of halogens is 1. The summed E-state index contributed by atoms with van der Waals surface area (Å²) in [6.45, 7) is 2.72. The van der Waals surface area contributed by atoms with Crippen LogP contribution in [0.25, 0.3) is 10.8 Å². The monoisotopic (exact) mass is 430 g/mol. The van der Waals surface area contributed by atoms with E-state index in [9.17, 15) is 4.79 Å². The van der Waals surface area contributed by atoms with E-state index < -0.39 is 0 Å². The van der Waals surface area contributed by atoms with Crippen molar-refractivity contribution < 1.29 is 9.21 Å². The van der Waals surface area contributed by atoms with Gasteiger partial charge in [-0.15, -0.1) is 11.3 Å². The summed E-state index contributed by atoms with van der Waals surface area (Å²) in [5.41, 5.74) is 2.00. The molecule has 1 saturated heterocycles. The molecule has 1 aliphatic heterocycles. The highest BCUT2D eigenvalue weighted by molar-refractivity contribution is 9.10. The maximum absolute atomic E-state index is 12.9. The van der Waals surface area contributed by atoms with E-state index in [1.807, 2.05) is 41.5 Å². The van der Waals surface area contributed by atoms with Crippen LogP contribution in [0.3, 0.4) is 0 Å². The molecule has 4 nitrogen and oxygen atoms in total. The Kier molecular flexibility index (Phi) is 4.96. The lowest BCUT2D eigenvalue weighted by atomic mass is 10.0. The van der Waals surface area contributed by atoms with Crippen molar-refractivity contribution >= 4 is 33.2 Å². The molecule has 1 atom stereocenters. The Balaban J connectivity index is 1.48. The van der Waals surface area contributed by atoms with Gasteiger partial charge in [0.1, 0.15) is 5.76 Å². The van der Waals surface area contributed by atoms with E-state index >= 15 is 0 Å². The zero-order valence-electron chi connectivity index (χ0n) is 14.4. The number of aromatic nitrogens is 1. The number of nitrogens with zero attached hydrogens (tertiary/aromatic N) is 2. The van der Waals surface area contributed by atoms with E-state index in [-0.39, 0.29) is 11.9 Å². The first-order valence-corrected chi connectivity index (χ1v) is 10.3. The highest BCUT2D eigenvalue weighted by Gasteiger charge is 2.30. The summed E-state index contributed by atoms with van der Waals surface area (Å²) in [7, 11) is 0. The van der Waals surface area contributed by atoms with E-state index in [1.54, 1.807) is 0 Å². The maximum Gasteiger partial charge on any atom is 0.229 e. The predicted octanol–water partition coefficient (Wildman–Crippen LogP) is 5.38. The Labute approximate surface area is 165 Å². The Morgan fingerprint density at radius 1 is 1.38 bits per heavy atom. The molecular formula is C20H19BrN2O2S. The SMILES string of the molecule is Cc1ccc(-c2nc(CC(=O)N3CCCC3c3cccc(Br)c3)cs2)o1. The summed E-state index contributed by atoms with van der Waals surface area (Å²) in [6.07, 6.45) is 2.38.